The van der Waals surface area contributed by atoms with E-state index in [-0.39, 0.29) is 22.8 Å². The lowest BCUT2D eigenvalue weighted by Crippen LogP contribution is -2.06. The second-order valence-electron chi connectivity index (χ2n) is 4.80. The van der Waals surface area contributed by atoms with Crippen LogP contribution in [0.4, 0.5) is 0 Å². The smallest absolute Gasteiger partial charge is 0.200 e. The third kappa shape index (κ3) is 2.68. The van der Waals surface area contributed by atoms with Crippen molar-refractivity contribution < 1.29 is 19.4 Å². The molecule has 0 unspecified atom stereocenters. The standard InChI is InChI=1S/C18H18O4/c1-11(13-8-6-5-7-9-13)17(19)16-15(22-4)10-14(21-3)12(2)18(16)20/h5-10,20H,1H2,2-4H3. The van der Waals surface area contributed by atoms with Crippen LogP contribution in [-0.4, -0.2) is 25.1 Å². The van der Waals surface area contributed by atoms with Crippen LogP contribution in [0.3, 0.4) is 0 Å². The van der Waals surface area contributed by atoms with Crippen LogP contribution in [-0.2, 0) is 0 Å². The van der Waals surface area contributed by atoms with Crippen LogP contribution in [0.2, 0.25) is 0 Å². The van der Waals surface area contributed by atoms with Gasteiger partial charge >= 0.3 is 0 Å². The first-order valence-electron chi connectivity index (χ1n) is 6.74. The highest BCUT2D eigenvalue weighted by molar-refractivity contribution is 6.30. The van der Waals surface area contributed by atoms with E-state index >= 15 is 0 Å². The summed E-state index contributed by atoms with van der Waals surface area (Å²) >= 11 is 0. The van der Waals surface area contributed by atoms with Gasteiger partial charge in [-0.2, -0.15) is 0 Å². The summed E-state index contributed by atoms with van der Waals surface area (Å²) in [5.74, 6) is 0.169. The van der Waals surface area contributed by atoms with E-state index in [2.05, 4.69) is 6.58 Å². The molecule has 0 aliphatic heterocycles. The molecule has 0 saturated carbocycles. The average molecular weight is 298 g/mol. The van der Waals surface area contributed by atoms with Crippen LogP contribution in [0, 0.1) is 6.92 Å². The zero-order valence-corrected chi connectivity index (χ0v) is 12.8. The number of rotatable bonds is 5. The molecule has 0 aliphatic rings. The van der Waals surface area contributed by atoms with Gasteiger partial charge in [-0.25, -0.2) is 0 Å². The lowest BCUT2D eigenvalue weighted by molar-refractivity contribution is 0.105. The van der Waals surface area contributed by atoms with Gasteiger partial charge in [0.2, 0.25) is 5.78 Å². The van der Waals surface area contributed by atoms with E-state index < -0.39 is 0 Å². The maximum Gasteiger partial charge on any atom is 0.200 e. The first kappa shape index (κ1) is 15.6. The summed E-state index contributed by atoms with van der Waals surface area (Å²) in [5.41, 5.74) is 1.56. The molecule has 0 atom stereocenters. The Morgan fingerprint density at radius 2 is 1.68 bits per heavy atom. The zero-order valence-electron chi connectivity index (χ0n) is 12.8. The average Bonchev–Trinajstić information content (AvgIpc) is 2.56. The number of ether oxygens (including phenoxy) is 2. The summed E-state index contributed by atoms with van der Waals surface area (Å²) in [7, 11) is 2.93. The van der Waals surface area contributed by atoms with Crippen molar-refractivity contribution in [3.05, 3.63) is 59.7 Å². The molecule has 0 fully saturated rings. The first-order chi connectivity index (χ1) is 10.5. The minimum absolute atomic E-state index is 0.0923. The molecule has 22 heavy (non-hydrogen) atoms. The molecule has 1 N–H and O–H groups in total. The van der Waals surface area contributed by atoms with Gasteiger partial charge < -0.3 is 14.6 Å². The lowest BCUT2D eigenvalue weighted by Gasteiger charge is -2.15. The van der Waals surface area contributed by atoms with E-state index in [9.17, 15) is 9.90 Å². The Bertz CT molecular complexity index is 718. The summed E-state index contributed by atoms with van der Waals surface area (Å²) in [6.45, 7) is 5.52. The number of phenolic OH excluding ortho intramolecular Hbond substituents is 1. The van der Waals surface area contributed by atoms with Gasteiger partial charge in [-0.1, -0.05) is 36.9 Å². The second kappa shape index (κ2) is 6.35. The molecule has 0 spiro atoms. The fourth-order valence-electron chi connectivity index (χ4n) is 2.23. The van der Waals surface area contributed by atoms with Crippen molar-refractivity contribution in [2.45, 2.75) is 6.92 Å². The van der Waals surface area contributed by atoms with Gasteiger partial charge in [0.15, 0.2) is 0 Å². The zero-order chi connectivity index (χ0) is 16.3. The van der Waals surface area contributed by atoms with Crippen LogP contribution in [0.15, 0.2) is 43.0 Å². The van der Waals surface area contributed by atoms with Crippen molar-refractivity contribution in [1.82, 2.24) is 0 Å². The molecule has 0 aromatic heterocycles. The molecule has 0 saturated heterocycles. The third-order valence-electron chi connectivity index (χ3n) is 3.53. The van der Waals surface area contributed by atoms with E-state index in [1.807, 2.05) is 18.2 Å². The molecule has 0 radical (unpaired) electrons. The number of benzene rings is 2. The molecule has 114 valence electrons. The Morgan fingerprint density at radius 3 is 2.23 bits per heavy atom. The maximum absolute atomic E-state index is 12.7. The molecule has 2 aromatic rings. The van der Waals surface area contributed by atoms with Gasteiger partial charge in [-0.3, -0.25) is 4.79 Å². The van der Waals surface area contributed by atoms with Crippen LogP contribution in [0.1, 0.15) is 21.5 Å². The number of hydrogen-bond acceptors (Lipinski definition) is 4. The predicted octanol–water partition coefficient (Wildman–Crippen LogP) is 3.61. The van der Waals surface area contributed by atoms with Crippen molar-refractivity contribution >= 4 is 11.4 Å². The molecule has 2 rings (SSSR count). The van der Waals surface area contributed by atoms with Gasteiger partial charge in [-0.05, 0) is 12.5 Å². The van der Waals surface area contributed by atoms with Crippen molar-refractivity contribution in [2.75, 3.05) is 14.2 Å². The summed E-state index contributed by atoms with van der Waals surface area (Å²) in [6, 6.07) is 10.7. The Hall–Kier alpha value is -2.75. The van der Waals surface area contributed by atoms with E-state index in [1.165, 1.54) is 14.2 Å². The van der Waals surface area contributed by atoms with Gasteiger partial charge in [0.05, 0.1) is 14.2 Å². The molecule has 0 aliphatic carbocycles. The highest BCUT2D eigenvalue weighted by atomic mass is 16.5. The topological polar surface area (TPSA) is 55.8 Å². The maximum atomic E-state index is 12.7. The number of ketones is 1. The van der Waals surface area contributed by atoms with Crippen LogP contribution in [0.5, 0.6) is 17.2 Å². The van der Waals surface area contributed by atoms with Gasteiger partial charge in [0, 0.05) is 17.2 Å². The van der Waals surface area contributed by atoms with E-state index in [0.717, 1.165) is 0 Å². The van der Waals surface area contributed by atoms with Crippen molar-refractivity contribution in [3.63, 3.8) is 0 Å². The molecule has 4 heteroatoms. The minimum atomic E-state index is -0.383. The Balaban J connectivity index is 2.54. The summed E-state index contributed by atoms with van der Waals surface area (Å²) < 4.78 is 10.4. The molecule has 2 aromatic carbocycles. The van der Waals surface area contributed by atoms with Crippen molar-refractivity contribution in [1.29, 1.82) is 0 Å². The second-order valence-corrected chi connectivity index (χ2v) is 4.80. The lowest BCUT2D eigenvalue weighted by atomic mass is 9.95. The fraction of sp³-hybridized carbons (Fsp3) is 0.167. The normalized spacial score (nSPS) is 10.1. The largest absolute Gasteiger partial charge is 0.507 e. The number of allylic oxidation sites excluding steroid dienone is 1. The Labute approximate surface area is 129 Å². The van der Waals surface area contributed by atoms with E-state index in [0.29, 0.717) is 22.4 Å². The fourth-order valence-corrected chi connectivity index (χ4v) is 2.23. The molecular formula is C18H18O4. The quantitative estimate of drug-likeness (QED) is 0.676. The van der Waals surface area contributed by atoms with E-state index in [4.69, 9.17) is 9.47 Å². The van der Waals surface area contributed by atoms with Gasteiger partial charge in [0.25, 0.3) is 0 Å². The number of phenols is 1. The van der Waals surface area contributed by atoms with Crippen LogP contribution in [0.25, 0.3) is 5.57 Å². The summed E-state index contributed by atoms with van der Waals surface area (Å²) in [6.07, 6.45) is 0. The van der Waals surface area contributed by atoms with Crippen molar-refractivity contribution in [3.8, 4) is 17.2 Å². The molecule has 4 nitrogen and oxygen atoms in total. The molecule has 0 amide bonds. The number of methoxy groups -OCH3 is 2. The Morgan fingerprint density at radius 1 is 1.09 bits per heavy atom. The molecular weight excluding hydrogens is 280 g/mol. The highest BCUT2D eigenvalue weighted by Crippen LogP contribution is 2.39. The third-order valence-corrected chi connectivity index (χ3v) is 3.53. The van der Waals surface area contributed by atoms with Crippen molar-refractivity contribution in [2.24, 2.45) is 0 Å². The minimum Gasteiger partial charge on any atom is -0.507 e. The van der Waals surface area contributed by atoms with Gasteiger partial charge in [-0.15, -0.1) is 0 Å². The summed E-state index contributed by atoms with van der Waals surface area (Å²) in [5, 5.41) is 10.4. The first-order valence-corrected chi connectivity index (χ1v) is 6.74. The molecule has 0 bridgehead atoms. The SMILES string of the molecule is C=C(C(=O)c1c(OC)cc(OC)c(C)c1O)c1ccccc1. The number of carbonyl (C=O) groups excluding carboxylic acids is 1. The number of carbonyl (C=O) groups is 1. The monoisotopic (exact) mass is 298 g/mol. The summed E-state index contributed by atoms with van der Waals surface area (Å²) in [4.78, 5) is 12.7. The highest BCUT2D eigenvalue weighted by Gasteiger charge is 2.24. The van der Waals surface area contributed by atoms with E-state index in [1.54, 1.807) is 25.1 Å². The van der Waals surface area contributed by atoms with Crippen LogP contribution < -0.4 is 9.47 Å². The number of Topliss-reactive ketones (excluding diaryl/α,β-unsaturated/α-hetero) is 1. The predicted molar refractivity (Wildman–Crippen MR) is 85.8 cm³/mol. The number of aromatic hydroxyl groups is 1. The van der Waals surface area contributed by atoms with Gasteiger partial charge in [0.1, 0.15) is 22.8 Å². The number of hydrogen-bond donors (Lipinski definition) is 1. The molecule has 0 heterocycles. The van der Waals surface area contributed by atoms with Crippen LogP contribution >= 0.6 is 0 Å². The Kier molecular flexibility index (Phi) is 4.51.